The molecule has 8 heteroatoms. The van der Waals surface area contributed by atoms with Crippen LogP contribution in [0.2, 0.25) is 0 Å². The first-order valence-electron chi connectivity index (χ1n) is 9.32. The molecular weight excluding hydrogens is 362 g/mol. The second-order valence-electron chi connectivity index (χ2n) is 7.05. The molecule has 0 spiro atoms. The Morgan fingerprint density at radius 2 is 2.22 bits per heavy atom. The molecule has 1 fully saturated rings. The molecule has 0 unspecified atom stereocenters. The Morgan fingerprint density at radius 3 is 2.96 bits per heavy atom. The zero-order valence-corrected chi connectivity index (χ0v) is 16.5. The third-order valence-electron chi connectivity index (χ3n) is 4.61. The second kappa shape index (κ2) is 9.03. The van der Waals surface area contributed by atoms with Gasteiger partial charge in [0, 0.05) is 55.7 Å². The molecule has 7 nitrogen and oxygen atoms in total. The van der Waals surface area contributed by atoms with Gasteiger partial charge in [0.1, 0.15) is 5.69 Å². The quantitative estimate of drug-likeness (QED) is 0.821. The highest BCUT2D eigenvalue weighted by Gasteiger charge is 2.27. The number of nitrogens with zero attached hydrogens (tertiary/aromatic N) is 4. The van der Waals surface area contributed by atoms with Crippen molar-refractivity contribution in [3.63, 3.8) is 0 Å². The summed E-state index contributed by atoms with van der Waals surface area (Å²) >= 11 is 1.64. The smallest absolute Gasteiger partial charge is 0.274 e. The van der Waals surface area contributed by atoms with Crippen LogP contribution in [0.5, 0.6) is 0 Å². The van der Waals surface area contributed by atoms with E-state index >= 15 is 0 Å². The lowest BCUT2D eigenvalue weighted by molar-refractivity contribution is -0.123. The van der Waals surface area contributed by atoms with E-state index in [0.717, 1.165) is 36.5 Å². The van der Waals surface area contributed by atoms with Crippen molar-refractivity contribution in [3.05, 3.63) is 40.4 Å². The fourth-order valence-electron chi connectivity index (χ4n) is 3.08. The molecule has 0 aliphatic carbocycles. The van der Waals surface area contributed by atoms with E-state index in [2.05, 4.69) is 20.7 Å². The molecule has 144 valence electrons. The van der Waals surface area contributed by atoms with Crippen molar-refractivity contribution in [2.24, 2.45) is 5.92 Å². The van der Waals surface area contributed by atoms with Gasteiger partial charge in [-0.15, -0.1) is 11.3 Å². The number of nitrogens with one attached hydrogen (secondary N) is 1. The predicted octanol–water partition coefficient (Wildman–Crippen LogP) is 2.27. The number of likely N-dealkylation sites (tertiary alicyclic amines) is 1. The van der Waals surface area contributed by atoms with Gasteiger partial charge in [0.2, 0.25) is 5.91 Å². The minimum absolute atomic E-state index is 0.00365. The maximum absolute atomic E-state index is 12.6. The fourth-order valence-corrected chi connectivity index (χ4v) is 4.06. The first kappa shape index (κ1) is 19.4. The normalized spacial score (nSPS) is 17.1. The van der Waals surface area contributed by atoms with Gasteiger partial charge in [-0.25, -0.2) is 9.97 Å². The minimum Gasteiger partial charge on any atom is -0.355 e. The van der Waals surface area contributed by atoms with Crippen molar-refractivity contribution in [2.75, 3.05) is 19.6 Å². The van der Waals surface area contributed by atoms with Crippen LogP contribution in [0.15, 0.2) is 24.0 Å². The molecule has 3 rings (SSSR count). The molecule has 2 aromatic heterocycles. The van der Waals surface area contributed by atoms with Crippen LogP contribution in [0.25, 0.3) is 0 Å². The molecule has 2 aromatic rings. The first-order valence-corrected chi connectivity index (χ1v) is 10.2. The van der Waals surface area contributed by atoms with Crippen LogP contribution in [0.3, 0.4) is 0 Å². The van der Waals surface area contributed by atoms with Crippen molar-refractivity contribution in [2.45, 2.75) is 39.0 Å². The van der Waals surface area contributed by atoms with E-state index in [9.17, 15) is 9.59 Å². The van der Waals surface area contributed by atoms with E-state index in [0.29, 0.717) is 18.8 Å². The summed E-state index contributed by atoms with van der Waals surface area (Å²) in [5.74, 6) is 0.247. The summed E-state index contributed by atoms with van der Waals surface area (Å²) in [6, 6.07) is 0. The van der Waals surface area contributed by atoms with Gasteiger partial charge in [0.25, 0.3) is 5.91 Å². The zero-order chi connectivity index (χ0) is 19.2. The Bertz CT molecular complexity index is 777. The van der Waals surface area contributed by atoms with Crippen molar-refractivity contribution >= 4 is 23.2 Å². The molecule has 0 aromatic carbocycles. The van der Waals surface area contributed by atoms with Crippen LogP contribution >= 0.6 is 11.3 Å². The number of amides is 2. The van der Waals surface area contributed by atoms with Gasteiger partial charge in [0.05, 0.1) is 16.9 Å². The largest absolute Gasteiger partial charge is 0.355 e. The minimum atomic E-state index is -0.0685. The molecule has 1 aliphatic heterocycles. The summed E-state index contributed by atoms with van der Waals surface area (Å²) in [5.41, 5.74) is 1.38. The average Bonchev–Trinajstić information content (AvgIpc) is 3.17. The number of thiazole rings is 1. The topological polar surface area (TPSA) is 88.1 Å². The summed E-state index contributed by atoms with van der Waals surface area (Å²) < 4.78 is 0. The second-order valence-corrected chi connectivity index (χ2v) is 7.94. The van der Waals surface area contributed by atoms with Gasteiger partial charge in [-0.3, -0.25) is 14.6 Å². The number of aromatic nitrogens is 3. The van der Waals surface area contributed by atoms with E-state index in [4.69, 9.17) is 4.98 Å². The summed E-state index contributed by atoms with van der Waals surface area (Å²) in [5, 5.41) is 6.04. The van der Waals surface area contributed by atoms with Crippen molar-refractivity contribution in [3.8, 4) is 0 Å². The molecule has 1 aliphatic rings. The monoisotopic (exact) mass is 387 g/mol. The maximum Gasteiger partial charge on any atom is 0.274 e. The molecule has 1 atom stereocenters. The maximum atomic E-state index is 12.6. The molecule has 3 heterocycles. The molecule has 1 N–H and O–H groups in total. The van der Waals surface area contributed by atoms with E-state index in [-0.39, 0.29) is 23.7 Å². The lowest BCUT2D eigenvalue weighted by Crippen LogP contribution is -2.39. The van der Waals surface area contributed by atoms with E-state index in [1.54, 1.807) is 23.7 Å². The molecule has 2 amide bonds. The third-order valence-corrected chi connectivity index (χ3v) is 5.67. The number of hydrogen-bond acceptors (Lipinski definition) is 6. The average molecular weight is 388 g/mol. The summed E-state index contributed by atoms with van der Waals surface area (Å²) in [4.78, 5) is 38.9. The predicted molar refractivity (Wildman–Crippen MR) is 104 cm³/mol. The van der Waals surface area contributed by atoms with Gasteiger partial charge in [-0.2, -0.15) is 0 Å². The first-order chi connectivity index (χ1) is 13.0. The van der Waals surface area contributed by atoms with Crippen molar-refractivity contribution < 1.29 is 9.59 Å². The van der Waals surface area contributed by atoms with Crippen LogP contribution in [0, 0.1) is 5.92 Å². The zero-order valence-electron chi connectivity index (χ0n) is 15.7. The highest BCUT2D eigenvalue weighted by Crippen LogP contribution is 2.29. The van der Waals surface area contributed by atoms with Crippen molar-refractivity contribution in [1.82, 2.24) is 25.2 Å². The Hall–Kier alpha value is -2.35. The lowest BCUT2D eigenvalue weighted by Gasteiger charge is -2.31. The number of rotatable bonds is 6. The SMILES string of the molecule is CC(C)C(=O)NCCc1csc([C@@H]2CCCN(C(=O)c3cnccn3)C2)n1. The van der Waals surface area contributed by atoms with Gasteiger partial charge in [-0.05, 0) is 12.8 Å². The Balaban J connectivity index is 1.56. The molecule has 27 heavy (non-hydrogen) atoms. The van der Waals surface area contributed by atoms with Gasteiger partial charge >= 0.3 is 0 Å². The van der Waals surface area contributed by atoms with E-state index < -0.39 is 0 Å². The summed E-state index contributed by atoms with van der Waals surface area (Å²) in [6.07, 6.45) is 7.33. The van der Waals surface area contributed by atoms with Crippen LogP contribution in [-0.4, -0.2) is 51.3 Å². The van der Waals surface area contributed by atoms with Crippen LogP contribution in [0.1, 0.15) is 53.8 Å². The third kappa shape index (κ3) is 5.09. The van der Waals surface area contributed by atoms with E-state index in [1.165, 1.54) is 6.20 Å². The van der Waals surface area contributed by atoms with Gasteiger partial charge in [0.15, 0.2) is 0 Å². The lowest BCUT2D eigenvalue weighted by atomic mass is 9.98. The molecule has 0 bridgehead atoms. The van der Waals surface area contributed by atoms with Crippen molar-refractivity contribution in [1.29, 1.82) is 0 Å². The highest BCUT2D eigenvalue weighted by atomic mass is 32.1. The van der Waals surface area contributed by atoms with Crippen LogP contribution < -0.4 is 5.32 Å². The number of piperidine rings is 1. The van der Waals surface area contributed by atoms with Gasteiger partial charge < -0.3 is 10.2 Å². The molecule has 1 saturated heterocycles. The highest BCUT2D eigenvalue weighted by molar-refractivity contribution is 7.09. The fraction of sp³-hybridized carbons (Fsp3) is 0.526. The number of carbonyl (C=O) groups excluding carboxylic acids is 2. The number of hydrogen-bond donors (Lipinski definition) is 1. The standard InChI is InChI=1S/C19H25N5O2S/c1-13(2)17(25)22-6-5-15-12-27-18(23-15)14-4-3-9-24(11-14)19(26)16-10-20-7-8-21-16/h7-8,10,12-14H,3-6,9,11H2,1-2H3,(H,22,25)/t14-/m1/s1. The number of carbonyl (C=O) groups is 2. The Morgan fingerprint density at radius 1 is 1.37 bits per heavy atom. The van der Waals surface area contributed by atoms with Gasteiger partial charge in [-0.1, -0.05) is 13.8 Å². The van der Waals surface area contributed by atoms with Crippen LogP contribution in [-0.2, 0) is 11.2 Å². The molecule has 0 saturated carbocycles. The summed E-state index contributed by atoms with van der Waals surface area (Å²) in [6.45, 7) is 5.76. The Labute approximate surface area is 163 Å². The molecular formula is C19H25N5O2S. The Kier molecular flexibility index (Phi) is 6.49. The van der Waals surface area contributed by atoms with E-state index in [1.807, 2.05) is 18.7 Å². The van der Waals surface area contributed by atoms with Crippen LogP contribution in [0.4, 0.5) is 0 Å². The molecule has 0 radical (unpaired) electrons. The summed E-state index contributed by atoms with van der Waals surface area (Å²) in [7, 11) is 0.